The van der Waals surface area contributed by atoms with Crippen LogP contribution in [0.4, 0.5) is 5.69 Å². The average molecular weight is 411 g/mol. The Labute approximate surface area is 182 Å². The molecule has 4 rings (SSSR count). The Balaban J connectivity index is 1.49. The lowest BCUT2D eigenvalue weighted by molar-refractivity contribution is 0.306. The van der Waals surface area contributed by atoms with Crippen LogP contribution in [0.25, 0.3) is 0 Å². The van der Waals surface area contributed by atoms with Crippen LogP contribution < -0.4 is 21.1 Å². The molecule has 0 fully saturated rings. The molecule has 0 spiro atoms. The van der Waals surface area contributed by atoms with Crippen molar-refractivity contribution >= 4 is 11.4 Å². The molecular formula is C26H26N4O. The van der Waals surface area contributed by atoms with Gasteiger partial charge in [0.05, 0.1) is 23.1 Å². The van der Waals surface area contributed by atoms with Crippen LogP contribution in [0, 0.1) is 5.41 Å². The van der Waals surface area contributed by atoms with Crippen molar-refractivity contribution < 1.29 is 4.74 Å². The van der Waals surface area contributed by atoms with Crippen molar-refractivity contribution in [3.05, 3.63) is 119 Å². The molecule has 1 aliphatic heterocycles. The molecule has 3 aromatic carbocycles. The Bertz CT molecular complexity index is 1120. The van der Waals surface area contributed by atoms with E-state index >= 15 is 0 Å². The zero-order valence-corrected chi connectivity index (χ0v) is 17.5. The maximum absolute atomic E-state index is 8.71. The summed E-state index contributed by atoms with van der Waals surface area (Å²) in [5.41, 5.74) is 12.6. The molecule has 1 unspecified atom stereocenters. The third kappa shape index (κ3) is 4.31. The quantitative estimate of drug-likeness (QED) is 0.424. The van der Waals surface area contributed by atoms with Crippen molar-refractivity contribution in [1.29, 1.82) is 5.41 Å². The van der Waals surface area contributed by atoms with Gasteiger partial charge in [0.1, 0.15) is 12.4 Å². The van der Waals surface area contributed by atoms with Crippen LogP contribution in [0.2, 0.25) is 0 Å². The number of nitrogens with one attached hydrogen (secondary N) is 3. The van der Waals surface area contributed by atoms with Crippen LogP contribution >= 0.6 is 0 Å². The number of benzene rings is 3. The molecule has 5 N–H and O–H groups in total. The van der Waals surface area contributed by atoms with Crippen molar-refractivity contribution in [1.82, 2.24) is 5.32 Å². The van der Waals surface area contributed by atoms with Gasteiger partial charge >= 0.3 is 0 Å². The van der Waals surface area contributed by atoms with E-state index in [2.05, 4.69) is 17.2 Å². The first-order valence-electron chi connectivity index (χ1n) is 10.2. The van der Waals surface area contributed by atoms with E-state index in [0.29, 0.717) is 23.7 Å². The number of hydrogen-bond acceptors (Lipinski definition) is 5. The van der Waals surface area contributed by atoms with E-state index in [1.165, 1.54) is 0 Å². The first-order chi connectivity index (χ1) is 15.1. The fourth-order valence-electron chi connectivity index (χ4n) is 3.62. The smallest absolute Gasteiger partial charge is 0.119 e. The molecule has 0 saturated carbocycles. The Morgan fingerprint density at radius 3 is 2.35 bits per heavy atom. The first kappa shape index (κ1) is 20.3. The lowest BCUT2D eigenvalue weighted by Crippen LogP contribution is -2.19. The van der Waals surface area contributed by atoms with Gasteiger partial charge in [-0.3, -0.25) is 5.41 Å². The molecule has 0 aromatic heterocycles. The van der Waals surface area contributed by atoms with Gasteiger partial charge in [-0.05, 0) is 41.0 Å². The summed E-state index contributed by atoms with van der Waals surface area (Å²) in [6.45, 7) is 4.51. The van der Waals surface area contributed by atoms with Crippen molar-refractivity contribution in [2.75, 3.05) is 12.4 Å². The zero-order chi connectivity index (χ0) is 21.8. The van der Waals surface area contributed by atoms with Gasteiger partial charge in [0.25, 0.3) is 0 Å². The normalized spacial score (nSPS) is 15.5. The lowest BCUT2D eigenvalue weighted by atomic mass is 9.92. The summed E-state index contributed by atoms with van der Waals surface area (Å²) < 4.78 is 5.93. The second kappa shape index (κ2) is 8.79. The highest BCUT2D eigenvalue weighted by atomic mass is 16.5. The second-order valence-electron chi connectivity index (χ2n) is 7.43. The van der Waals surface area contributed by atoms with Crippen LogP contribution in [0.5, 0.6) is 5.75 Å². The number of ether oxygens (including phenoxy) is 1. The van der Waals surface area contributed by atoms with Gasteiger partial charge < -0.3 is 21.1 Å². The number of hydrogen-bond donors (Lipinski definition) is 4. The van der Waals surface area contributed by atoms with E-state index in [1.807, 2.05) is 85.9 Å². The molecule has 31 heavy (non-hydrogen) atoms. The van der Waals surface area contributed by atoms with Gasteiger partial charge in [0, 0.05) is 18.3 Å². The molecule has 1 aliphatic rings. The highest BCUT2D eigenvalue weighted by Gasteiger charge is 2.30. The summed E-state index contributed by atoms with van der Waals surface area (Å²) in [5.74, 6) is 0.787. The maximum Gasteiger partial charge on any atom is 0.119 e. The van der Waals surface area contributed by atoms with Crippen LogP contribution in [0.15, 0.2) is 102 Å². The summed E-state index contributed by atoms with van der Waals surface area (Å²) >= 11 is 0. The number of anilines is 1. The average Bonchev–Trinajstić information content (AvgIpc) is 3.12. The molecule has 5 heteroatoms. The third-order valence-corrected chi connectivity index (χ3v) is 5.42. The van der Waals surface area contributed by atoms with Crippen molar-refractivity contribution in [2.45, 2.75) is 12.6 Å². The van der Waals surface area contributed by atoms with Gasteiger partial charge in [0.2, 0.25) is 0 Å². The highest BCUT2D eigenvalue weighted by Crippen LogP contribution is 2.34. The van der Waals surface area contributed by atoms with Crippen molar-refractivity contribution in [3.63, 3.8) is 0 Å². The maximum atomic E-state index is 8.71. The minimum atomic E-state index is -0.219. The fourth-order valence-corrected chi connectivity index (χ4v) is 3.62. The summed E-state index contributed by atoms with van der Waals surface area (Å²) in [5, 5.41) is 15.1. The van der Waals surface area contributed by atoms with Gasteiger partial charge in [-0.15, -0.1) is 0 Å². The largest absolute Gasteiger partial charge is 0.489 e. The Morgan fingerprint density at radius 2 is 1.71 bits per heavy atom. The predicted octanol–water partition coefficient (Wildman–Crippen LogP) is 4.75. The second-order valence-corrected chi connectivity index (χ2v) is 7.43. The van der Waals surface area contributed by atoms with Crippen LogP contribution in [0.3, 0.4) is 0 Å². The molecule has 0 saturated heterocycles. The molecule has 3 aromatic rings. The molecular weight excluding hydrogens is 384 g/mol. The van der Waals surface area contributed by atoms with Crippen molar-refractivity contribution in [3.8, 4) is 5.75 Å². The number of rotatable bonds is 7. The molecule has 156 valence electrons. The summed E-state index contributed by atoms with van der Waals surface area (Å²) in [6.07, 6.45) is 0. The topological polar surface area (TPSA) is 83.2 Å². The first-order valence-corrected chi connectivity index (χ1v) is 10.2. The zero-order valence-electron chi connectivity index (χ0n) is 17.5. The molecule has 0 radical (unpaired) electrons. The van der Waals surface area contributed by atoms with Gasteiger partial charge in [0.15, 0.2) is 0 Å². The SMILES string of the molecule is C=C1NC(c2ccc(OCc3ccc(NC)cc3)cc2)C(C(=N)c2ccccc2)=C1N. The molecule has 1 atom stereocenters. The van der Waals surface area contributed by atoms with Gasteiger partial charge in [-0.25, -0.2) is 0 Å². The van der Waals surface area contributed by atoms with Gasteiger partial charge in [-0.2, -0.15) is 0 Å². The summed E-state index contributed by atoms with van der Waals surface area (Å²) in [4.78, 5) is 0. The van der Waals surface area contributed by atoms with Crippen molar-refractivity contribution in [2.24, 2.45) is 5.73 Å². The molecule has 0 aliphatic carbocycles. The predicted molar refractivity (Wildman–Crippen MR) is 126 cm³/mol. The van der Waals surface area contributed by atoms with E-state index in [4.69, 9.17) is 15.9 Å². The van der Waals surface area contributed by atoms with Gasteiger partial charge in [-0.1, -0.05) is 61.2 Å². The lowest BCUT2D eigenvalue weighted by Gasteiger charge is -2.18. The van der Waals surface area contributed by atoms with Crippen LogP contribution in [0.1, 0.15) is 22.7 Å². The minimum absolute atomic E-state index is 0.219. The van der Waals surface area contributed by atoms with E-state index in [1.54, 1.807) is 0 Å². The van der Waals surface area contributed by atoms with Crippen LogP contribution in [-0.4, -0.2) is 12.8 Å². The van der Waals surface area contributed by atoms with E-state index in [-0.39, 0.29) is 6.04 Å². The molecule has 5 nitrogen and oxygen atoms in total. The Hall–Kier alpha value is -3.99. The molecule has 0 amide bonds. The number of nitrogens with two attached hydrogens (primary N) is 1. The third-order valence-electron chi connectivity index (χ3n) is 5.42. The monoisotopic (exact) mass is 410 g/mol. The standard InChI is InChI=1S/C26H26N4O/c1-17-24(27)23(25(28)19-6-4-3-5-7-19)26(30-17)20-10-14-22(15-11-20)31-16-18-8-12-21(29-2)13-9-18/h3-15,26,28-30H,1,16,27H2,2H3. The van der Waals surface area contributed by atoms with E-state index < -0.39 is 0 Å². The van der Waals surface area contributed by atoms with E-state index in [9.17, 15) is 0 Å². The fraction of sp³-hybridized carbons (Fsp3) is 0.115. The summed E-state index contributed by atoms with van der Waals surface area (Å²) in [6, 6.07) is 25.4. The molecule has 1 heterocycles. The Kier molecular flexibility index (Phi) is 5.76. The summed E-state index contributed by atoms with van der Waals surface area (Å²) in [7, 11) is 1.90. The highest BCUT2D eigenvalue weighted by molar-refractivity contribution is 6.12. The molecule has 0 bridgehead atoms. The minimum Gasteiger partial charge on any atom is -0.489 e. The van der Waals surface area contributed by atoms with E-state index in [0.717, 1.165) is 33.7 Å². The Morgan fingerprint density at radius 1 is 1.03 bits per heavy atom. The van der Waals surface area contributed by atoms with Crippen LogP contribution in [-0.2, 0) is 6.61 Å².